The summed E-state index contributed by atoms with van der Waals surface area (Å²) < 4.78 is 27.7. The molecule has 0 spiro atoms. The van der Waals surface area contributed by atoms with Gasteiger partial charge in [0, 0.05) is 17.1 Å². The van der Waals surface area contributed by atoms with Gasteiger partial charge in [0.05, 0.1) is 29.9 Å². The SMILES string of the molecule is Cc1c(Cc2ccc(F)c(C(=O)N3CC[n+]4c(-c5ccc6c(c5)OCO6)n[nH]c4C3)c2)n[nH]c(=O)c1C. The third-order valence-corrected chi connectivity index (χ3v) is 6.99. The predicted octanol–water partition coefficient (Wildman–Crippen LogP) is 2.18. The topological polar surface area (TPSA) is 117 Å². The molecule has 0 aliphatic carbocycles. The average Bonchev–Trinajstić information content (AvgIpc) is 3.55. The van der Waals surface area contributed by atoms with Gasteiger partial charge in [0.2, 0.25) is 6.79 Å². The monoisotopic (exact) mass is 503 g/mol. The second-order valence-corrected chi connectivity index (χ2v) is 9.18. The zero-order valence-corrected chi connectivity index (χ0v) is 20.3. The minimum atomic E-state index is -0.583. The van der Waals surface area contributed by atoms with Crippen molar-refractivity contribution in [1.29, 1.82) is 0 Å². The van der Waals surface area contributed by atoms with Crippen molar-refractivity contribution in [2.75, 3.05) is 13.3 Å². The predicted molar refractivity (Wildman–Crippen MR) is 129 cm³/mol. The first kappa shape index (κ1) is 22.9. The summed E-state index contributed by atoms with van der Waals surface area (Å²) in [7, 11) is 0. The lowest BCUT2D eigenvalue weighted by Crippen LogP contribution is -2.52. The normalized spacial score (nSPS) is 14.1. The summed E-state index contributed by atoms with van der Waals surface area (Å²) in [6.07, 6.45) is 0.365. The third kappa shape index (κ3) is 4.02. The van der Waals surface area contributed by atoms with E-state index in [2.05, 4.69) is 20.4 Å². The van der Waals surface area contributed by atoms with Crippen LogP contribution in [0.1, 0.15) is 38.6 Å². The van der Waals surface area contributed by atoms with Crippen LogP contribution in [0.4, 0.5) is 4.39 Å². The standard InChI is InChI=1S/C26H23FN6O4/c1-14-15(2)25(34)31-28-20(14)10-16-3-5-19(27)18(9-16)26(35)32-7-8-33-23(12-32)29-30-24(33)17-4-6-21-22(11-17)37-13-36-21/h3-6,9,11H,7-8,10,12-13H2,1-2H3,(H,31,34)/p+1. The number of nitrogens with zero attached hydrogens (tertiary/aromatic N) is 4. The average molecular weight is 504 g/mol. The number of fused-ring (bicyclic) bond motifs is 2. The highest BCUT2D eigenvalue weighted by atomic mass is 19.1. The van der Waals surface area contributed by atoms with Crippen LogP contribution in [-0.4, -0.2) is 44.5 Å². The molecule has 4 aromatic rings. The molecule has 0 atom stereocenters. The second kappa shape index (κ2) is 8.84. The lowest BCUT2D eigenvalue weighted by Gasteiger charge is -2.25. The fraction of sp³-hybridized carbons (Fsp3) is 0.269. The number of carbonyl (C=O) groups is 1. The lowest BCUT2D eigenvalue weighted by molar-refractivity contribution is -0.700. The van der Waals surface area contributed by atoms with Crippen molar-refractivity contribution in [2.45, 2.75) is 33.4 Å². The fourth-order valence-electron chi connectivity index (χ4n) is 4.69. The highest BCUT2D eigenvalue weighted by Crippen LogP contribution is 2.35. The van der Waals surface area contributed by atoms with Crippen LogP contribution in [0.25, 0.3) is 11.4 Å². The Hall–Kier alpha value is -4.54. The van der Waals surface area contributed by atoms with Gasteiger partial charge in [-0.2, -0.15) is 5.10 Å². The van der Waals surface area contributed by atoms with Gasteiger partial charge in [-0.3, -0.25) is 9.59 Å². The van der Waals surface area contributed by atoms with E-state index in [1.54, 1.807) is 24.0 Å². The van der Waals surface area contributed by atoms with Crippen LogP contribution in [0.2, 0.25) is 0 Å². The zero-order valence-electron chi connectivity index (χ0n) is 20.3. The third-order valence-electron chi connectivity index (χ3n) is 6.99. The number of hydrogen-bond acceptors (Lipinski definition) is 6. The van der Waals surface area contributed by atoms with Crippen molar-refractivity contribution < 1.29 is 23.2 Å². The molecular formula is C26H24FN6O4+. The first-order chi connectivity index (χ1) is 17.9. The number of aromatic nitrogens is 5. The van der Waals surface area contributed by atoms with Crippen LogP contribution in [0.15, 0.2) is 41.2 Å². The van der Waals surface area contributed by atoms with E-state index in [9.17, 15) is 14.0 Å². The molecule has 4 heterocycles. The number of benzene rings is 2. The summed E-state index contributed by atoms with van der Waals surface area (Å²) in [5.74, 6) is 1.86. The van der Waals surface area contributed by atoms with Gasteiger partial charge in [-0.05, 0) is 55.3 Å². The van der Waals surface area contributed by atoms with Crippen molar-refractivity contribution in [2.24, 2.45) is 0 Å². The van der Waals surface area contributed by atoms with Gasteiger partial charge < -0.3 is 14.4 Å². The molecule has 1 amide bonds. The first-order valence-corrected chi connectivity index (χ1v) is 11.9. The molecule has 2 aliphatic heterocycles. The molecule has 6 rings (SSSR count). The van der Waals surface area contributed by atoms with Crippen molar-refractivity contribution in [1.82, 2.24) is 25.3 Å². The van der Waals surface area contributed by atoms with E-state index >= 15 is 0 Å². The lowest BCUT2D eigenvalue weighted by atomic mass is 10.0. The Morgan fingerprint density at radius 1 is 1.08 bits per heavy atom. The highest BCUT2D eigenvalue weighted by molar-refractivity contribution is 5.94. The van der Waals surface area contributed by atoms with E-state index in [0.717, 1.165) is 28.3 Å². The number of amides is 1. The highest BCUT2D eigenvalue weighted by Gasteiger charge is 2.32. The Bertz CT molecular complexity index is 1610. The largest absolute Gasteiger partial charge is 0.454 e. The quantitative estimate of drug-likeness (QED) is 0.413. The number of H-pyrrole nitrogens is 2. The van der Waals surface area contributed by atoms with Gasteiger partial charge >= 0.3 is 5.82 Å². The van der Waals surface area contributed by atoms with E-state index in [0.29, 0.717) is 42.3 Å². The summed E-state index contributed by atoms with van der Waals surface area (Å²) in [5.41, 5.74) is 3.40. The summed E-state index contributed by atoms with van der Waals surface area (Å²) in [5, 5.41) is 14.1. The molecule has 0 saturated carbocycles. The maximum absolute atomic E-state index is 14.8. The number of nitrogens with one attached hydrogen (secondary N) is 2. The molecule has 2 aromatic carbocycles. The summed E-state index contributed by atoms with van der Waals surface area (Å²) in [6, 6.07) is 10.1. The van der Waals surface area contributed by atoms with Gasteiger partial charge in [-0.1, -0.05) is 6.07 Å². The van der Waals surface area contributed by atoms with Crippen LogP contribution < -0.4 is 19.6 Å². The number of aromatic amines is 2. The Labute approximate surface area is 210 Å². The number of carbonyl (C=O) groups excluding carboxylic acids is 1. The number of hydrogen-bond donors (Lipinski definition) is 2. The number of rotatable bonds is 4. The van der Waals surface area contributed by atoms with Gasteiger partial charge in [0.15, 0.2) is 11.5 Å². The van der Waals surface area contributed by atoms with Crippen molar-refractivity contribution >= 4 is 5.91 Å². The van der Waals surface area contributed by atoms with Gasteiger partial charge in [0.25, 0.3) is 17.3 Å². The maximum Gasteiger partial charge on any atom is 0.309 e. The number of halogens is 1. The zero-order chi connectivity index (χ0) is 25.7. The maximum atomic E-state index is 14.8. The van der Waals surface area contributed by atoms with E-state index in [4.69, 9.17) is 9.47 Å². The van der Waals surface area contributed by atoms with Crippen LogP contribution in [0.3, 0.4) is 0 Å². The van der Waals surface area contributed by atoms with E-state index < -0.39 is 11.7 Å². The Balaban J connectivity index is 1.23. The Kier molecular flexibility index (Phi) is 5.47. The molecule has 2 N–H and O–H groups in total. The molecule has 0 bridgehead atoms. The molecule has 37 heavy (non-hydrogen) atoms. The van der Waals surface area contributed by atoms with Crippen molar-refractivity contribution in [3.05, 3.63) is 86.3 Å². The minimum absolute atomic E-state index is 0.000240. The van der Waals surface area contributed by atoms with Crippen LogP contribution in [0, 0.1) is 19.7 Å². The molecule has 188 valence electrons. The van der Waals surface area contributed by atoms with Gasteiger partial charge in [-0.25, -0.2) is 14.1 Å². The Morgan fingerprint density at radius 2 is 1.92 bits per heavy atom. The molecule has 0 saturated heterocycles. The summed E-state index contributed by atoms with van der Waals surface area (Å²) >= 11 is 0. The van der Waals surface area contributed by atoms with Crippen LogP contribution in [-0.2, 0) is 19.5 Å². The van der Waals surface area contributed by atoms with Crippen LogP contribution in [0.5, 0.6) is 11.5 Å². The van der Waals surface area contributed by atoms with E-state index in [-0.39, 0.29) is 24.5 Å². The first-order valence-electron chi connectivity index (χ1n) is 11.9. The molecule has 2 aliphatic rings. The molecule has 11 heteroatoms. The second-order valence-electron chi connectivity index (χ2n) is 9.18. The van der Waals surface area contributed by atoms with Crippen LogP contribution >= 0.6 is 0 Å². The molecule has 0 radical (unpaired) electrons. The van der Waals surface area contributed by atoms with Crippen molar-refractivity contribution in [3.8, 4) is 22.9 Å². The van der Waals surface area contributed by atoms with E-state index in [1.165, 1.54) is 6.07 Å². The van der Waals surface area contributed by atoms with Crippen molar-refractivity contribution in [3.63, 3.8) is 0 Å². The minimum Gasteiger partial charge on any atom is -0.454 e. The molecule has 0 fully saturated rings. The summed E-state index contributed by atoms with van der Waals surface area (Å²) in [4.78, 5) is 26.7. The summed E-state index contributed by atoms with van der Waals surface area (Å²) in [6.45, 7) is 4.92. The Morgan fingerprint density at radius 3 is 2.78 bits per heavy atom. The smallest absolute Gasteiger partial charge is 0.309 e. The number of ether oxygens (including phenoxy) is 2. The molecule has 10 nitrogen and oxygen atoms in total. The molecule has 0 unspecified atom stereocenters. The van der Waals surface area contributed by atoms with E-state index in [1.807, 2.05) is 29.7 Å². The molecule has 2 aromatic heterocycles. The fourth-order valence-corrected chi connectivity index (χ4v) is 4.69. The molecular weight excluding hydrogens is 479 g/mol. The van der Waals surface area contributed by atoms with Gasteiger partial charge in [-0.15, -0.1) is 5.10 Å². The van der Waals surface area contributed by atoms with Gasteiger partial charge in [0.1, 0.15) is 12.4 Å².